The molecule has 0 amide bonds. The van der Waals surface area contributed by atoms with Crippen LogP contribution < -0.4 is 4.74 Å². The maximum Gasteiger partial charge on any atom is 0.335 e. The van der Waals surface area contributed by atoms with E-state index in [4.69, 9.17) is 10.00 Å². The van der Waals surface area contributed by atoms with Crippen LogP contribution in [-0.2, 0) is 6.42 Å². The number of aryl methyl sites for hydroxylation is 2. The van der Waals surface area contributed by atoms with E-state index in [9.17, 15) is 9.90 Å². The number of nitriles is 1. The van der Waals surface area contributed by atoms with Gasteiger partial charge in [0.15, 0.2) is 0 Å². The molecule has 5 heteroatoms. The van der Waals surface area contributed by atoms with Gasteiger partial charge in [0.05, 0.1) is 24.4 Å². The fraction of sp³-hybridized carbons (Fsp3) is 0.182. The van der Waals surface area contributed by atoms with Crippen LogP contribution in [0.3, 0.4) is 0 Å². The van der Waals surface area contributed by atoms with Gasteiger partial charge in [-0.1, -0.05) is 0 Å². The van der Waals surface area contributed by atoms with Gasteiger partial charge in [0.25, 0.3) is 0 Å². The van der Waals surface area contributed by atoms with Crippen LogP contribution in [-0.4, -0.2) is 22.8 Å². The van der Waals surface area contributed by atoms with Gasteiger partial charge in [-0.2, -0.15) is 5.26 Å². The molecule has 0 fully saturated rings. The average Bonchev–Trinajstić information content (AvgIpc) is 3.09. The van der Waals surface area contributed by atoms with Gasteiger partial charge < -0.3 is 14.4 Å². The summed E-state index contributed by atoms with van der Waals surface area (Å²) >= 11 is 0. The van der Waals surface area contributed by atoms with Gasteiger partial charge in [-0.05, 0) is 72.6 Å². The lowest BCUT2D eigenvalue weighted by Crippen LogP contribution is -2.06. The molecular formula is C22H20N2O3. The van der Waals surface area contributed by atoms with Crippen LogP contribution in [0.4, 0.5) is 0 Å². The number of hydrogen-bond acceptors (Lipinski definition) is 3. The number of benzene rings is 2. The number of hydrogen-bond donors (Lipinski definition) is 1. The zero-order chi connectivity index (χ0) is 19.4. The minimum Gasteiger partial charge on any atom is -0.497 e. The van der Waals surface area contributed by atoms with E-state index in [0.717, 1.165) is 34.0 Å². The predicted octanol–water partition coefficient (Wildman–Crippen LogP) is 4.62. The Labute approximate surface area is 158 Å². The highest BCUT2D eigenvalue weighted by Crippen LogP contribution is 2.30. The van der Waals surface area contributed by atoms with Gasteiger partial charge in [-0.25, -0.2) is 4.79 Å². The zero-order valence-corrected chi connectivity index (χ0v) is 15.3. The number of ether oxygens (including phenoxy) is 1. The molecule has 27 heavy (non-hydrogen) atoms. The van der Waals surface area contributed by atoms with E-state index >= 15 is 0 Å². The zero-order valence-electron chi connectivity index (χ0n) is 15.3. The van der Waals surface area contributed by atoms with E-state index in [-0.39, 0.29) is 5.56 Å². The monoisotopic (exact) mass is 360 g/mol. The summed E-state index contributed by atoms with van der Waals surface area (Å²) < 4.78 is 7.33. The molecule has 0 unspecified atom stereocenters. The quantitative estimate of drug-likeness (QED) is 0.696. The Balaban J connectivity index is 2.15. The third kappa shape index (κ3) is 3.70. The van der Waals surface area contributed by atoms with Crippen molar-refractivity contribution in [3.8, 4) is 28.8 Å². The summed E-state index contributed by atoms with van der Waals surface area (Å²) in [5.74, 6) is -0.166. The second-order valence-corrected chi connectivity index (χ2v) is 6.24. The number of aromatic carboxylic acids is 1. The Morgan fingerprint density at radius 1 is 1.15 bits per heavy atom. The molecule has 3 rings (SSSR count). The van der Waals surface area contributed by atoms with Crippen molar-refractivity contribution in [2.24, 2.45) is 0 Å². The number of rotatable bonds is 6. The first-order valence-corrected chi connectivity index (χ1v) is 8.61. The number of carboxylic acid groups (broad SMARTS) is 1. The molecule has 0 bridgehead atoms. The lowest BCUT2D eigenvalue weighted by Gasteiger charge is -2.16. The number of carbonyl (C=O) groups is 1. The standard InChI is InChI=1S/C22H20N2O3/c1-15-14-17(22(25)26)7-11-20(15)24-18(4-3-13-23)8-12-21(24)16-5-9-19(27-2)10-6-16/h5-12,14H,3-4H2,1-2H3,(H,25,26). The lowest BCUT2D eigenvalue weighted by molar-refractivity contribution is 0.0697. The van der Waals surface area contributed by atoms with Crippen molar-refractivity contribution >= 4 is 5.97 Å². The summed E-state index contributed by atoms with van der Waals surface area (Å²) in [6, 6.07) is 19.1. The summed E-state index contributed by atoms with van der Waals surface area (Å²) in [4.78, 5) is 11.3. The third-order valence-corrected chi connectivity index (χ3v) is 4.53. The smallest absolute Gasteiger partial charge is 0.335 e. The average molecular weight is 360 g/mol. The molecule has 1 heterocycles. The molecule has 1 N–H and O–H groups in total. The Kier molecular flexibility index (Phi) is 5.28. The molecule has 0 aliphatic carbocycles. The highest BCUT2D eigenvalue weighted by molar-refractivity contribution is 5.88. The van der Waals surface area contributed by atoms with Crippen molar-refractivity contribution in [2.45, 2.75) is 19.8 Å². The predicted molar refractivity (Wildman–Crippen MR) is 103 cm³/mol. The molecule has 3 aromatic rings. The summed E-state index contributed by atoms with van der Waals surface area (Å²) in [5, 5.41) is 18.2. The van der Waals surface area contributed by atoms with E-state index in [2.05, 4.69) is 10.6 Å². The first-order valence-electron chi connectivity index (χ1n) is 8.61. The molecule has 1 aromatic heterocycles. The third-order valence-electron chi connectivity index (χ3n) is 4.53. The highest BCUT2D eigenvalue weighted by Gasteiger charge is 2.15. The number of carboxylic acids is 1. The molecule has 0 atom stereocenters. The highest BCUT2D eigenvalue weighted by atomic mass is 16.5. The van der Waals surface area contributed by atoms with Crippen LogP contribution in [0.2, 0.25) is 0 Å². The van der Waals surface area contributed by atoms with E-state index in [0.29, 0.717) is 12.8 Å². The van der Waals surface area contributed by atoms with Crippen LogP contribution in [0.1, 0.15) is 28.0 Å². The van der Waals surface area contributed by atoms with E-state index < -0.39 is 5.97 Å². The minimum absolute atomic E-state index is 0.257. The summed E-state index contributed by atoms with van der Waals surface area (Å²) in [6.45, 7) is 1.90. The number of aromatic nitrogens is 1. The van der Waals surface area contributed by atoms with Gasteiger partial charge in [-0.3, -0.25) is 0 Å². The molecular weight excluding hydrogens is 340 g/mol. The van der Waals surface area contributed by atoms with Crippen LogP contribution in [0.15, 0.2) is 54.6 Å². The summed E-state index contributed by atoms with van der Waals surface area (Å²) in [6.07, 6.45) is 1.03. The Hall–Kier alpha value is -3.52. The van der Waals surface area contributed by atoms with Crippen molar-refractivity contribution in [2.75, 3.05) is 7.11 Å². The number of methoxy groups -OCH3 is 1. The van der Waals surface area contributed by atoms with Crippen molar-refractivity contribution in [3.63, 3.8) is 0 Å². The maximum atomic E-state index is 11.3. The normalized spacial score (nSPS) is 10.4. The van der Waals surface area contributed by atoms with Crippen LogP contribution in [0.25, 0.3) is 16.9 Å². The van der Waals surface area contributed by atoms with Crippen molar-refractivity contribution in [3.05, 3.63) is 71.4 Å². The molecule has 5 nitrogen and oxygen atoms in total. The Bertz CT molecular complexity index is 1010. The molecule has 0 saturated heterocycles. The summed E-state index contributed by atoms with van der Waals surface area (Å²) in [7, 11) is 1.63. The molecule has 0 radical (unpaired) electrons. The van der Waals surface area contributed by atoms with Gasteiger partial charge in [0.2, 0.25) is 0 Å². The topological polar surface area (TPSA) is 75.2 Å². The van der Waals surface area contributed by atoms with E-state index in [1.165, 1.54) is 0 Å². The van der Waals surface area contributed by atoms with Crippen LogP contribution >= 0.6 is 0 Å². The first kappa shape index (κ1) is 18.3. The van der Waals surface area contributed by atoms with Gasteiger partial charge in [0.1, 0.15) is 5.75 Å². The summed E-state index contributed by atoms with van der Waals surface area (Å²) in [5.41, 5.74) is 5.03. The molecule has 0 saturated carbocycles. The molecule has 2 aromatic carbocycles. The fourth-order valence-electron chi connectivity index (χ4n) is 3.17. The van der Waals surface area contributed by atoms with E-state index in [1.54, 1.807) is 19.2 Å². The van der Waals surface area contributed by atoms with Gasteiger partial charge in [-0.15, -0.1) is 0 Å². The number of nitrogens with zero attached hydrogens (tertiary/aromatic N) is 2. The molecule has 136 valence electrons. The minimum atomic E-state index is -0.947. The second-order valence-electron chi connectivity index (χ2n) is 6.24. The van der Waals surface area contributed by atoms with Gasteiger partial charge >= 0.3 is 5.97 Å². The molecule has 0 aliphatic rings. The molecule has 0 spiro atoms. The second kappa shape index (κ2) is 7.79. The lowest BCUT2D eigenvalue weighted by atomic mass is 10.1. The van der Waals surface area contributed by atoms with Crippen LogP contribution in [0.5, 0.6) is 5.75 Å². The SMILES string of the molecule is COc1ccc(-c2ccc(CCC#N)n2-c2ccc(C(=O)O)cc2C)cc1. The molecule has 0 aliphatic heterocycles. The maximum absolute atomic E-state index is 11.3. The largest absolute Gasteiger partial charge is 0.497 e. The van der Waals surface area contributed by atoms with E-state index in [1.807, 2.05) is 49.4 Å². The Morgan fingerprint density at radius 2 is 1.89 bits per heavy atom. The van der Waals surface area contributed by atoms with Crippen molar-refractivity contribution in [1.29, 1.82) is 5.26 Å². The van der Waals surface area contributed by atoms with Crippen LogP contribution in [0, 0.1) is 18.3 Å². The fourth-order valence-corrected chi connectivity index (χ4v) is 3.17. The Morgan fingerprint density at radius 3 is 2.48 bits per heavy atom. The van der Waals surface area contributed by atoms with Gasteiger partial charge in [0, 0.05) is 24.2 Å². The van der Waals surface area contributed by atoms with Crippen molar-refractivity contribution in [1.82, 2.24) is 4.57 Å². The first-order chi connectivity index (χ1) is 13.0. The van der Waals surface area contributed by atoms with Crippen molar-refractivity contribution < 1.29 is 14.6 Å².